The van der Waals surface area contributed by atoms with Crippen molar-refractivity contribution in [3.8, 4) is 0 Å². The summed E-state index contributed by atoms with van der Waals surface area (Å²) < 4.78 is 0. The molecule has 100 valence electrons. The van der Waals surface area contributed by atoms with Crippen molar-refractivity contribution in [3.05, 3.63) is 23.9 Å². The molecular weight excluding hydrogens is 222 g/mol. The molecule has 0 atom stereocenters. The first kappa shape index (κ1) is 13.3. The average Bonchev–Trinajstić information content (AvgIpc) is 2.37. The molecule has 0 spiro atoms. The minimum absolute atomic E-state index is 0.599. The molecule has 1 aromatic heterocycles. The van der Waals surface area contributed by atoms with Gasteiger partial charge in [0.05, 0.1) is 0 Å². The van der Waals surface area contributed by atoms with Gasteiger partial charge < -0.3 is 10.2 Å². The number of hydrogen-bond acceptors (Lipinski definition) is 3. The van der Waals surface area contributed by atoms with Gasteiger partial charge in [0, 0.05) is 24.8 Å². The Hall–Kier alpha value is -1.09. The van der Waals surface area contributed by atoms with Crippen LogP contribution in [-0.4, -0.2) is 30.7 Å². The summed E-state index contributed by atoms with van der Waals surface area (Å²) in [6, 6.07) is 6.88. The zero-order valence-corrected chi connectivity index (χ0v) is 11.8. The number of hydrogen-bond donors (Lipinski definition) is 1. The smallest absolute Gasteiger partial charge is 0.128 e. The molecule has 3 nitrogen and oxygen atoms in total. The largest absolute Gasteiger partial charge is 0.357 e. The SMILES string of the molecule is Cc1cccc(N2CCC(CNC(C)C)CC2)n1. The molecule has 2 heterocycles. The summed E-state index contributed by atoms with van der Waals surface area (Å²) in [5, 5.41) is 3.54. The zero-order chi connectivity index (χ0) is 13.0. The standard InChI is InChI=1S/C15H25N3/c1-12(2)16-11-14-7-9-18(10-8-14)15-6-4-5-13(3)17-15/h4-6,12,14,16H,7-11H2,1-3H3. The van der Waals surface area contributed by atoms with Gasteiger partial charge in [0.25, 0.3) is 0 Å². The predicted molar refractivity (Wildman–Crippen MR) is 77.0 cm³/mol. The van der Waals surface area contributed by atoms with E-state index in [0.717, 1.165) is 37.1 Å². The van der Waals surface area contributed by atoms with E-state index < -0.39 is 0 Å². The number of nitrogens with one attached hydrogen (secondary N) is 1. The van der Waals surface area contributed by atoms with E-state index in [0.29, 0.717) is 6.04 Å². The van der Waals surface area contributed by atoms with Crippen molar-refractivity contribution >= 4 is 5.82 Å². The molecule has 0 saturated carbocycles. The predicted octanol–water partition coefficient (Wildman–Crippen LogP) is 2.60. The van der Waals surface area contributed by atoms with Crippen LogP contribution in [0.5, 0.6) is 0 Å². The highest BCUT2D eigenvalue weighted by Crippen LogP contribution is 2.21. The Morgan fingerprint density at radius 2 is 2.06 bits per heavy atom. The summed E-state index contributed by atoms with van der Waals surface area (Å²) in [6.45, 7) is 9.93. The van der Waals surface area contributed by atoms with Crippen molar-refractivity contribution in [1.29, 1.82) is 0 Å². The van der Waals surface area contributed by atoms with E-state index in [1.165, 1.54) is 12.8 Å². The fraction of sp³-hybridized carbons (Fsp3) is 0.667. The van der Waals surface area contributed by atoms with Crippen molar-refractivity contribution in [2.75, 3.05) is 24.5 Å². The summed E-state index contributed by atoms with van der Waals surface area (Å²) in [6.07, 6.45) is 2.55. The van der Waals surface area contributed by atoms with Gasteiger partial charge in [-0.25, -0.2) is 4.98 Å². The van der Waals surface area contributed by atoms with Gasteiger partial charge in [0.1, 0.15) is 5.82 Å². The monoisotopic (exact) mass is 247 g/mol. The molecule has 3 heteroatoms. The third-order valence-electron chi connectivity index (χ3n) is 3.63. The molecule has 0 unspecified atom stereocenters. The number of nitrogens with zero attached hydrogens (tertiary/aromatic N) is 2. The van der Waals surface area contributed by atoms with Crippen LogP contribution >= 0.6 is 0 Å². The second kappa shape index (κ2) is 6.19. The molecule has 1 aliphatic rings. The van der Waals surface area contributed by atoms with E-state index in [-0.39, 0.29) is 0 Å². The van der Waals surface area contributed by atoms with Gasteiger partial charge >= 0.3 is 0 Å². The van der Waals surface area contributed by atoms with Crippen LogP contribution in [0, 0.1) is 12.8 Å². The Balaban J connectivity index is 1.83. The molecule has 1 aromatic rings. The second-order valence-electron chi connectivity index (χ2n) is 5.63. The average molecular weight is 247 g/mol. The highest BCUT2D eigenvalue weighted by Gasteiger charge is 2.19. The Morgan fingerprint density at radius 1 is 1.33 bits per heavy atom. The van der Waals surface area contributed by atoms with Crippen LogP contribution < -0.4 is 10.2 Å². The quantitative estimate of drug-likeness (QED) is 0.886. The van der Waals surface area contributed by atoms with Crippen LogP contribution in [0.4, 0.5) is 5.82 Å². The van der Waals surface area contributed by atoms with Crippen molar-refractivity contribution in [2.24, 2.45) is 5.92 Å². The Bertz CT molecular complexity index is 368. The second-order valence-corrected chi connectivity index (χ2v) is 5.63. The number of piperidine rings is 1. The van der Waals surface area contributed by atoms with Gasteiger partial charge in [0.15, 0.2) is 0 Å². The summed E-state index contributed by atoms with van der Waals surface area (Å²) in [5.74, 6) is 1.97. The van der Waals surface area contributed by atoms with E-state index >= 15 is 0 Å². The summed E-state index contributed by atoms with van der Waals surface area (Å²) in [4.78, 5) is 7.02. The van der Waals surface area contributed by atoms with Gasteiger partial charge in [-0.3, -0.25) is 0 Å². The van der Waals surface area contributed by atoms with Gasteiger partial charge in [-0.15, -0.1) is 0 Å². The highest BCUT2D eigenvalue weighted by molar-refractivity contribution is 5.39. The van der Waals surface area contributed by atoms with Crippen LogP contribution in [0.2, 0.25) is 0 Å². The number of aromatic nitrogens is 1. The Labute approximate surface area is 111 Å². The molecule has 0 bridgehead atoms. The normalized spacial score (nSPS) is 17.4. The van der Waals surface area contributed by atoms with E-state index in [1.54, 1.807) is 0 Å². The van der Waals surface area contributed by atoms with Crippen molar-refractivity contribution in [3.63, 3.8) is 0 Å². The first-order chi connectivity index (χ1) is 8.65. The van der Waals surface area contributed by atoms with Gasteiger partial charge in [-0.1, -0.05) is 19.9 Å². The van der Waals surface area contributed by atoms with E-state index in [4.69, 9.17) is 0 Å². The number of rotatable bonds is 4. The lowest BCUT2D eigenvalue weighted by Gasteiger charge is -2.33. The van der Waals surface area contributed by atoms with Gasteiger partial charge in [-0.05, 0) is 44.4 Å². The van der Waals surface area contributed by atoms with Gasteiger partial charge in [0.2, 0.25) is 0 Å². The first-order valence-electron chi connectivity index (χ1n) is 7.07. The summed E-state index contributed by atoms with van der Waals surface area (Å²) >= 11 is 0. The van der Waals surface area contributed by atoms with E-state index in [1.807, 2.05) is 0 Å². The minimum atomic E-state index is 0.599. The lowest BCUT2D eigenvalue weighted by Crippen LogP contribution is -2.39. The molecule has 1 N–H and O–H groups in total. The maximum atomic E-state index is 4.61. The molecular formula is C15H25N3. The van der Waals surface area contributed by atoms with Crippen LogP contribution in [0.3, 0.4) is 0 Å². The van der Waals surface area contributed by atoms with Crippen LogP contribution in [-0.2, 0) is 0 Å². The number of aryl methyl sites for hydroxylation is 1. The molecule has 18 heavy (non-hydrogen) atoms. The van der Waals surface area contributed by atoms with Crippen molar-refractivity contribution < 1.29 is 0 Å². The minimum Gasteiger partial charge on any atom is -0.357 e. The fourth-order valence-corrected chi connectivity index (χ4v) is 2.47. The molecule has 1 saturated heterocycles. The lowest BCUT2D eigenvalue weighted by molar-refractivity contribution is 0.370. The molecule has 0 aromatic carbocycles. The topological polar surface area (TPSA) is 28.2 Å². The number of anilines is 1. The molecule has 0 amide bonds. The van der Waals surface area contributed by atoms with Gasteiger partial charge in [-0.2, -0.15) is 0 Å². The number of pyridine rings is 1. The third kappa shape index (κ3) is 3.70. The van der Waals surface area contributed by atoms with Crippen LogP contribution in [0.25, 0.3) is 0 Å². The van der Waals surface area contributed by atoms with Crippen LogP contribution in [0.1, 0.15) is 32.4 Å². The Kier molecular flexibility index (Phi) is 4.59. The molecule has 2 rings (SSSR count). The van der Waals surface area contributed by atoms with Crippen molar-refractivity contribution in [1.82, 2.24) is 10.3 Å². The maximum absolute atomic E-state index is 4.61. The molecule has 1 fully saturated rings. The highest BCUT2D eigenvalue weighted by atomic mass is 15.2. The third-order valence-corrected chi connectivity index (χ3v) is 3.63. The fourth-order valence-electron chi connectivity index (χ4n) is 2.47. The molecule has 0 radical (unpaired) electrons. The summed E-state index contributed by atoms with van der Waals surface area (Å²) in [7, 11) is 0. The zero-order valence-electron chi connectivity index (χ0n) is 11.8. The van der Waals surface area contributed by atoms with E-state index in [9.17, 15) is 0 Å². The summed E-state index contributed by atoms with van der Waals surface area (Å²) in [5.41, 5.74) is 1.11. The van der Waals surface area contributed by atoms with Crippen molar-refractivity contribution in [2.45, 2.75) is 39.7 Å². The van der Waals surface area contributed by atoms with Crippen LogP contribution in [0.15, 0.2) is 18.2 Å². The molecule has 1 aliphatic heterocycles. The maximum Gasteiger partial charge on any atom is 0.128 e. The molecule has 0 aliphatic carbocycles. The lowest BCUT2D eigenvalue weighted by atomic mass is 9.96. The Morgan fingerprint density at radius 3 is 2.67 bits per heavy atom. The first-order valence-corrected chi connectivity index (χ1v) is 7.07. The van der Waals surface area contributed by atoms with E-state index in [2.05, 4.69) is 54.2 Å².